The number of hydrogen-bond acceptors (Lipinski definition) is 4. The maximum absolute atomic E-state index is 11.3. The van der Waals surface area contributed by atoms with Crippen molar-refractivity contribution in [2.45, 2.75) is 12.8 Å². The highest BCUT2D eigenvalue weighted by Crippen LogP contribution is 2.27. The van der Waals surface area contributed by atoms with E-state index in [0.717, 1.165) is 12.8 Å². The molecular formula is C9H19NO3S. The fourth-order valence-electron chi connectivity index (χ4n) is 2.01. The molecule has 0 bridgehead atoms. The predicted octanol–water partition coefficient (Wildman–Crippen LogP) is 0.0325. The van der Waals surface area contributed by atoms with Crippen molar-refractivity contribution in [2.75, 3.05) is 31.8 Å². The minimum Gasteiger partial charge on any atom is -0.385 e. The average Bonchev–Trinajstić information content (AvgIpc) is 2.48. The molecule has 0 aliphatic carbocycles. The first-order valence-corrected chi connectivity index (χ1v) is 6.80. The molecule has 1 heterocycles. The number of sulfone groups is 1. The summed E-state index contributed by atoms with van der Waals surface area (Å²) >= 11 is 0. The van der Waals surface area contributed by atoms with Crippen LogP contribution < -0.4 is 5.73 Å². The Hall–Kier alpha value is -0.130. The zero-order valence-electron chi connectivity index (χ0n) is 8.61. The molecule has 2 unspecified atom stereocenters. The van der Waals surface area contributed by atoms with Crippen LogP contribution in [0.2, 0.25) is 0 Å². The molecule has 0 aromatic heterocycles. The molecule has 5 heteroatoms. The van der Waals surface area contributed by atoms with Gasteiger partial charge in [0, 0.05) is 13.7 Å². The smallest absolute Gasteiger partial charge is 0.150 e. The highest BCUT2D eigenvalue weighted by Gasteiger charge is 2.32. The second-order valence-corrected chi connectivity index (χ2v) is 6.17. The first kappa shape index (κ1) is 11.9. The second kappa shape index (κ2) is 5.09. The van der Waals surface area contributed by atoms with Crippen LogP contribution in [0.15, 0.2) is 0 Å². The van der Waals surface area contributed by atoms with Crippen LogP contribution in [-0.2, 0) is 14.6 Å². The minimum atomic E-state index is -2.77. The predicted molar refractivity (Wildman–Crippen MR) is 55.8 cm³/mol. The van der Waals surface area contributed by atoms with E-state index in [0.29, 0.717) is 30.6 Å². The molecule has 1 fully saturated rings. The third kappa shape index (κ3) is 3.22. The summed E-state index contributed by atoms with van der Waals surface area (Å²) in [6, 6.07) is 0. The van der Waals surface area contributed by atoms with Gasteiger partial charge in [0.25, 0.3) is 0 Å². The van der Waals surface area contributed by atoms with Crippen LogP contribution in [0.25, 0.3) is 0 Å². The lowest BCUT2D eigenvalue weighted by molar-refractivity contribution is 0.165. The van der Waals surface area contributed by atoms with E-state index in [4.69, 9.17) is 10.5 Å². The number of hydrogen-bond donors (Lipinski definition) is 1. The van der Waals surface area contributed by atoms with Crippen molar-refractivity contribution in [3.8, 4) is 0 Å². The van der Waals surface area contributed by atoms with Crippen molar-refractivity contribution < 1.29 is 13.2 Å². The van der Waals surface area contributed by atoms with E-state index in [2.05, 4.69) is 0 Å². The molecule has 0 saturated carbocycles. The van der Waals surface area contributed by atoms with E-state index in [9.17, 15) is 8.42 Å². The summed E-state index contributed by atoms with van der Waals surface area (Å²) in [4.78, 5) is 0. The first-order chi connectivity index (χ1) is 6.59. The van der Waals surface area contributed by atoms with Gasteiger partial charge >= 0.3 is 0 Å². The molecule has 0 amide bonds. The van der Waals surface area contributed by atoms with Gasteiger partial charge < -0.3 is 10.5 Å². The molecule has 0 aromatic carbocycles. The summed E-state index contributed by atoms with van der Waals surface area (Å²) in [5, 5.41) is 0. The molecule has 1 rings (SSSR count). The van der Waals surface area contributed by atoms with Crippen LogP contribution in [0.3, 0.4) is 0 Å². The van der Waals surface area contributed by atoms with Crippen molar-refractivity contribution in [2.24, 2.45) is 17.6 Å². The molecule has 0 spiro atoms. The van der Waals surface area contributed by atoms with Gasteiger partial charge in [0.1, 0.15) is 0 Å². The summed E-state index contributed by atoms with van der Waals surface area (Å²) in [7, 11) is -1.12. The first-order valence-electron chi connectivity index (χ1n) is 4.98. The summed E-state index contributed by atoms with van der Waals surface area (Å²) in [6.07, 6.45) is 1.64. The van der Waals surface area contributed by atoms with Gasteiger partial charge in [-0.3, -0.25) is 0 Å². The van der Waals surface area contributed by atoms with Crippen LogP contribution in [-0.4, -0.2) is 40.2 Å². The third-order valence-corrected chi connectivity index (χ3v) is 4.72. The second-order valence-electron chi connectivity index (χ2n) is 3.94. The molecule has 1 aliphatic rings. The van der Waals surface area contributed by atoms with Crippen molar-refractivity contribution in [3.05, 3.63) is 0 Å². The van der Waals surface area contributed by atoms with Crippen LogP contribution in [0, 0.1) is 11.8 Å². The highest BCUT2D eigenvalue weighted by molar-refractivity contribution is 7.91. The molecule has 84 valence electrons. The normalized spacial score (nSPS) is 27.7. The van der Waals surface area contributed by atoms with Crippen LogP contribution in [0.5, 0.6) is 0 Å². The molecule has 2 atom stereocenters. The Balaban J connectivity index is 2.46. The molecule has 0 aromatic rings. The lowest BCUT2D eigenvalue weighted by Gasteiger charge is -2.19. The van der Waals surface area contributed by atoms with Crippen LogP contribution >= 0.6 is 0 Å². The van der Waals surface area contributed by atoms with Crippen molar-refractivity contribution >= 4 is 9.84 Å². The average molecular weight is 221 g/mol. The third-order valence-electron chi connectivity index (χ3n) is 2.93. The molecule has 2 N–H and O–H groups in total. The van der Waals surface area contributed by atoms with Gasteiger partial charge in [0.15, 0.2) is 9.84 Å². The van der Waals surface area contributed by atoms with Gasteiger partial charge in [-0.2, -0.15) is 0 Å². The maximum atomic E-state index is 11.3. The maximum Gasteiger partial charge on any atom is 0.150 e. The van der Waals surface area contributed by atoms with Gasteiger partial charge in [0.2, 0.25) is 0 Å². The van der Waals surface area contributed by atoms with Crippen molar-refractivity contribution in [3.63, 3.8) is 0 Å². The van der Waals surface area contributed by atoms with E-state index >= 15 is 0 Å². The Labute approximate surface area is 85.7 Å². The lowest BCUT2D eigenvalue weighted by atomic mass is 9.89. The van der Waals surface area contributed by atoms with Crippen LogP contribution in [0.4, 0.5) is 0 Å². The summed E-state index contributed by atoms with van der Waals surface area (Å²) in [5.41, 5.74) is 5.63. The number of methoxy groups -OCH3 is 1. The summed E-state index contributed by atoms with van der Waals surface area (Å²) in [5.74, 6) is 1.20. The Morgan fingerprint density at radius 3 is 2.71 bits per heavy atom. The molecule has 0 radical (unpaired) electrons. The molecule has 1 saturated heterocycles. The fraction of sp³-hybridized carbons (Fsp3) is 1.00. The molecule has 1 aliphatic heterocycles. The van der Waals surface area contributed by atoms with E-state index in [1.54, 1.807) is 7.11 Å². The Morgan fingerprint density at radius 1 is 1.57 bits per heavy atom. The standard InChI is InChI=1S/C9H19NO3S/c1-13-4-2-8(6-10)9-3-5-14(11,12)7-9/h8-9H,2-7,10H2,1H3. The Bertz CT molecular complexity index is 263. The monoisotopic (exact) mass is 221 g/mol. The highest BCUT2D eigenvalue weighted by atomic mass is 32.2. The van der Waals surface area contributed by atoms with E-state index in [1.807, 2.05) is 0 Å². The summed E-state index contributed by atoms with van der Waals surface area (Å²) in [6.45, 7) is 1.22. The van der Waals surface area contributed by atoms with Crippen LogP contribution in [0.1, 0.15) is 12.8 Å². The zero-order chi connectivity index (χ0) is 10.6. The number of ether oxygens (including phenoxy) is 1. The SMILES string of the molecule is COCCC(CN)C1CCS(=O)(=O)C1. The van der Waals surface area contributed by atoms with Crippen molar-refractivity contribution in [1.82, 2.24) is 0 Å². The fourth-order valence-corrected chi connectivity index (χ4v) is 3.93. The van der Waals surface area contributed by atoms with Gasteiger partial charge in [-0.05, 0) is 31.2 Å². The van der Waals surface area contributed by atoms with Gasteiger partial charge in [0.05, 0.1) is 11.5 Å². The number of rotatable bonds is 5. The minimum absolute atomic E-state index is 0.250. The molecular weight excluding hydrogens is 202 g/mol. The van der Waals surface area contributed by atoms with Gasteiger partial charge in [-0.15, -0.1) is 0 Å². The topological polar surface area (TPSA) is 69.4 Å². The van der Waals surface area contributed by atoms with Crippen molar-refractivity contribution in [1.29, 1.82) is 0 Å². The quantitative estimate of drug-likeness (QED) is 0.711. The Kier molecular flexibility index (Phi) is 4.34. The molecule has 4 nitrogen and oxygen atoms in total. The zero-order valence-corrected chi connectivity index (χ0v) is 9.42. The van der Waals surface area contributed by atoms with Gasteiger partial charge in [-0.25, -0.2) is 8.42 Å². The largest absolute Gasteiger partial charge is 0.385 e. The number of nitrogens with two attached hydrogens (primary N) is 1. The Morgan fingerprint density at radius 2 is 2.29 bits per heavy atom. The van der Waals surface area contributed by atoms with E-state index < -0.39 is 9.84 Å². The lowest BCUT2D eigenvalue weighted by Crippen LogP contribution is -2.25. The van der Waals surface area contributed by atoms with E-state index in [-0.39, 0.29) is 5.92 Å². The summed E-state index contributed by atoms with van der Waals surface area (Å²) < 4.78 is 27.5. The van der Waals surface area contributed by atoms with E-state index in [1.165, 1.54) is 0 Å². The van der Waals surface area contributed by atoms with Gasteiger partial charge in [-0.1, -0.05) is 0 Å². The molecule has 14 heavy (non-hydrogen) atoms.